The number of hydrogen-bond donors (Lipinski definition) is 4. The van der Waals surface area contributed by atoms with Crippen molar-refractivity contribution in [3.63, 3.8) is 0 Å². The second kappa shape index (κ2) is 37.8. The molecule has 9 heteroatoms. The van der Waals surface area contributed by atoms with E-state index < -0.39 is 24.5 Å². The smallest absolute Gasteiger partial charge is 0.328 e. The van der Waals surface area contributed by atoms with Gasteiger partial charge in [0.1, 0.15) is 12.1 Å². The van der Waals surface area contributed by atoms with Crippen molar-refractivity contribution in [2.24, 2.45) is 0 Å². The van der Waals surface area contributed by atoms with Crippen LogP contribution >= 0.6 is 0 Å². The van der Waals surface area contributed by atoms with E-state index >= 15 is 0 Å². The van der Waals surface area contributed by atoms with Crippen molar-refractivity contribution in [1.82, 2.24) is 10.6 Å². The number of aliphatic carboxylic acids is 1. The third-order valence-corrected chi connectivity index (χ3v) is 8.12. The highest BCUT2D eigenvalue weighted by molar-refractivity contribution is 5.87. The Hall–Kier alpha value is -3.98. The van der Waals surface area contributed by atoms with E-state index in [0.29, 0.717) is 19.3 Å². The topological polar surface area (TPSA) is 142 Å². The molecule has 0 aliphatic carbocycles. The van der Waals surface area contributed by atoms with Crippen LogP contribution in [0.5, 0.6) is 0 Å². The fraction of sp³-hybridized carbons (Fsp3) is 0.591. The third kappa shape index (κ3) is 34.9. The van der Waals surface area contributed by atoms with Crippen LogP contribution in [0, 0.1) is 0 Å². The lowest BCUT2D eigenvalue weighted by atomic mass is 10.1. The summed E-state index contributed by atoms with van der Waals surface area (Å²) in [5.74, 6) is -2.51. The predicted molar refractivity (Wildman–Crippen MR) is 217 cm³/mol. The average molecular weight is 739 g/mol. The molecule has 0 rings (SSSR count). The van der Waals surface area contributed by atoms with Gasteiger partial charge in [-0.1, -0.05) is 131 Å². The van der Waals surface area contributed by atoms with Crippen LogP contribution in [0.4, 0.5) is 0 Å². The molecule has 0 saturated heterocycles. The van der Waals surface area contributed by atoms with Crippen LogP contribution < -0.4 is 10.6 Å². The Bertz CT molecular complexity index is 1170. The van der Waals surface area contributed by atoms with Crippen LogP contribution in [0.25, 0.3) is 0 Å². The zero-order chi connectivity index (χ0) is 39.0. The molecule has 2 amide bonds. The normalized spacial score (nSPS) is 13.4. The molecule has 0 fully saturated rings. The Balaban J connectivity index is 4.38. The monoisotopic (exact) mass is 739 g/mol. The van der Waals surface area contributed by atoms with Crippen molar-refractivity contribution in [3.05, 3.63) is 85.1 Å². The lowest BCUT2D eigenvalue weighted by Crippen LogP contribution is -2.47. The Morgan fingerprint density at radius 1 is 0.604 bits per heavy atom. The van der Waals surface area contributed by atoms with Crippen LogP contribution in [-0.4, -0.2) is 59.3 Å². The van der Waals surface area contributed by atoms with Gasteiger partial charge in [0.25, 0.3) is 0 Å². The number of aliphatic hydroxyl groups is 1. The van der Waals surface area contributed by atoms with Crippen molar-refractivity contribution in [1.29, 1.82) is 0 Å². The first-order valence-electron chi connectivity index (χ1n) is 20.0. The lowest BCUT2D eigenvalue weighted by Gasteiger charge is -2.14. The molecule has 0 spiro atoms. The van der Waals surface area contributed by atoms with E-state index in [-0.39, 0.29) is 30.9 Å². The van der Waals surface area contributed by atoms with Crippen LogP contribution in [0.15, 0.2) is 85.1 Å². The SMILES string of the molecule is CC/C=C\C/C=C\C/C=C\C/C=C\C/C=C\C/C=C\CCC(=O)OC(/C=C\CCCCCCC)CCCCCCC(=O)NCC(=O)NC(CO)C(=O)O. The maximum absolute atomic E-state index is 12.6. The maximum Gasteiger partial charge on any atom is 0.328 e. The predicted octanol–water partition coefficient (Wildman–Crippen LogP) is 9.31. The summed E-state index contributed by atoms with van der Waals surface area (Å²) < 4.78 is 5.84. The number of aliphatic hydroxyl groups excluding tert-OH is 1. The summed E-state index contributed by atoms with van der Waals surface area (Å²) in [6, 6.07) is -1.40. The van der Waals surface area contributed by atoms with Crippen LogP contribution in [-0.2, 0) is 23.9 Å². The molecule has 0 aliphatic rings. The zero-order valence-corrected chi connectivity index (χ0v) is 32.7. The molecule has 0 radical (unpaired) electrons. The van der Waals surface area contributed by atoms with Gasteiger partial charge in [-0.2, -0.15) is 0 Å². The van der Waals surface area contributed by atoms with Gasteiger partial charge in [-0.25, -0.2) is 4.79 Å². The lowest BCUT2D eigenvalue weighted by molar-refractivity contribution is -0.147. The largest absolute Gasteiger partial charge is 0.480 e. The van der Waals surface area contributed by atoms with E-state index in [9.17, 15) is 19.2 Å². The first-order valence-corrected chi connectivity index (χ1v) is 20.0. The van der Waals surface area contributed by atoms with Gasteiger partial charge < -0.3 is 25.6 Å². The molecule has 9 nitrogen and oxygen atoms in total. The molecule has 4 N–H and O–H groups in total. The number of unbranched alkanes of at least 4 members (excludes halogenated alkanes) is 8. The third-order valence-electron chi connectivity index (χ3n) is 8.12. The summed E-state index contributed by atoms with van der Waals surface area (Å²) in [7, 11) is 0. The van der Waals surface area contributed by atoms with E-state index in [2.05, 4.69) is 97.4 Å². The summed E-state index contributed by atoms with van der Waals surface area (Å²) in [5, 5.41) is 22.5. The van der Waals surface area contributed by atoms with E-state index in [0.717, 1.165) is 77.0 Å². The standard InChI is InChI=1S/C44H70N2O7/c1-3-5-7-9-11-12-13-14-15-16-17-18-19-20-21-22-24-26-32-36-43(50)53-39(33-29-25-23-10-8-6-4-2)34-30-27-28-31-35-41(48)45-37-42(49)46-40(38-47)44(51)52/h5,7,11-12,14-15,17-18,20-21,24,26,29,33,39-40,47H,3-4,6,8-10,13,16,19,22-23,25,27-28,30-32,34-38H2,1-2H3,(H,45,48)(H,46,49)(H,51,52)/b7-5-,12-11-,15-14-,18-17-,21-20-,26-24-,33-29-. The number of carboxylic acid groups (broad SMARTS) is 1. The first-order chi connectivity index (χ1) is 25.8. The Morgan fingerprint density at radius 2 is 1.15 bits per heavy atom. The fourth-order valence-electron chi connectivity index (χ4n) is 5.06. The minimum Gasteiger partial charge on any atom is -0.480 e. The van der Waals surface area contributed by atoms with Gasteiger partial charge in [-0.15, -0.1) is 0 Å². The number of rotatable bonds is 34. The molecule has 0 saturated carbocycles. The van der Waals surface area contributed by atoms with Gasteiger partial charge in [0.05, 0.1) is 13.2 Å². The number of carbonyl (C=O) groups is 4. The molecule has 53 heavy (non-hydrogen) atoms. The summed E-state index contributed by atoms with van der Waals surface area (Å²) in [6.07, 6.45) is 47.8. The van der Waals surface area contributed by atoms with Crippen LogP contribution in [0.3, 0.4) is 0 Å². The Labute approximate surface area is 320 Å². The average Bonchev–Trinajstić information content (AvgIpc) is 3.14. The summed E-state index contributed by atoms with van der Waals surface area (Å²) in [4.78, 5) is 47.4. The number of carboxylic acids is 1. The minimum absolute atomic E-state index is 0.198. The van der Waals surface area contributed by atoms with Crippen molar-refractivity contribution >= 4 is 23.8 Å². The molecular formula is C44H70N2O7. The van der Waals surface area contributed by atoms with Crippen LogP contribution in [0.2, 0.25) is 0 Å². The summed E-state index contributed by atoms with van der Waals surface area (Å²) >= 11 is 0. The van der Waals surface area contributed by atoms with E-state index in [1.165, 1.54) is 25.7 Å². The van der Waals surface area contributed by atoms with Crippen molar-refractivity contribution in [2.75, 3.05) is 13.2 Å². The number of esters is 1. The number of nitrogens with one attached hydrogen (secondary N) is 2. The number of hydrogen-bond acceptors (Lipinski definition) is 6. The Kier molecular flexibility index (Phi) is 34.9. The van der Waals surface area contributed by atoms with Gasteiger partial charge in [-0.05, 0) is 83.1 Å². The van der Waals surface area contributed by atoms with E-state index in [1.807, 2.05) is 12.2 Å². The number of amides is 2. The molecule has 0 aromatic carbocycles. The molecule has 0 bridgehead atoms. The molecule has 0 heterocycles. The zero-order valence-electron chi connectivity index (χ0n) is 32.7. The van der Waals surface area contributed by atoms with Gasteiger partial charge in [-0.3, -0.25) is 14.4 Å². The molecule has 0 aromatic heterocycles. The van der Waals surface area contributed by atoms with Gasteiger partial charge >= 0.3 is 11.9 Å². The number of allylic oxidation sites excluding steroid dienone is 13. The quantitative estimate of drug-likeness (QED) is 0.0293. The number of ether oxygens (including phenoxy) is 1. The van der Waals surface area contributed by atoms with Crippen molar-refractivity contribution in [3.8, 4) is 0 Å². The summed E-state index contributed by atoms with van der Waals surface area (Å²) in [6.45, 7) is 3.28. The van der Waals surface area contributed by atoms with Crippen LogP contribution in [0.1, 0.15) is 142 Å². The fourth-order valence-corrected chi connectivity index (χ4v) is 5.06. The molecule has 0 aliphatic heterocycles. The van der Waals surface area contributed by atoms with E-state index in [1.54, 1.807) is 0 Å². The van der Waals surface area contributed by atoms with Gasteiger partial charge in [0, 0.05) is 12.8 Å². The van der Waals surface area contributed by atoms with Gasteiger partial charge in [0.15, 0.2) is 0 Å². The highest BCUT2D eigenvalue weighted by Gasteiger charge is 2.18. The Morgan fingerprint density at radius 3 is 1.72 bits per heavy atom. The molecule has 2 atom stereocenters. The molecular weight excluding hydrogens is 668 g/mol. The summed E-state index contributed by atoms with van der Waals surface area (Å²) in [5.41, 5.74) is 0. The van der Waals surface area contributed by atoms with Crippen molar-refractivity contribution < 1.29 is 34.1 Å². The second-order valence-corrected chi connectivity index (χ2v) is 13.0. The van der Waals surface area contributed by atoms with Crippen molar-refractivity contribution in [2.45, 2.75) is 154 Å². The second-order valence-electron chi connectivity index (χ2n) is 13.0. The van der Waals surface area contributed by atoms with Gasteiger partial charge in [0.2, 0.25) is 11.8 Å². The number of carbonyl (C=O) groups excluding carboxylic acids is 3. The minimum atomic E-state index is -1.40. The van der Waals surface area contributed by atoms with E-state index in [4.69, 9.17) is 14.9 Å². The first kappa shape index (κ1) is 49.0. The molecule has 298 valence electrons. The maximum atomic E-state index is 12.6. The molecule has 2 unspecified atom stereocenters. The highest BCUT2D eigenvalue weighted by atomic mass is 16.5. The molecule has 0 aromatic rings. The highest BCUT2D eigenvalue weighted by Crippen LogP contribution is 2.14.